The number of aryl methyl sites for hydroxylation is 2. The summed E-state index contributed by atoms with van der Waals surface area (Å²) in [4.78, 5) is 11.5. The lowest BCUT2D eigenvalue weighted by molar-refractivity contribution is -0.123. The van der Waals surface area contributed by atoms with E-state index in [1.807, 2.05) is 26.0 Å². The van der Waals surface area contributed by atoms with E-state index in [4.69, 9.17) is 4.74 Å². The summed E-state index contributed by atoms with van der Waals surface area (Å²) < 4.78 is 6.57. The Labute approximate surface area is 110 Å². The second-order valence-corrected chi connectivity index (χ2v) is 5.29. The maximum Gasteiger partial charge on any atom is 0.258 e. The first-order valence-corrected chi connectivity index (χ1v) is 6.54. The molecule has 0 heterocycles. The van der Waals surface area contributed by atoms with Gasteiger partial charge in [-0.3, -0.25) is 4.79 Å². The fourth-order valence-electron chi connectivity index (χ4n) is 1.64. The van der Waals surface area contributed by atoms with Gasteiger partial charge < -0.3 is 10.1 Å². The van der Waals surface area contributed by atoms with Crippen LogP contribution in [0, 0.1) is 13.8 Å². The molecular weight excluding hydrogens is 282 g/mol. The first-order chi connectivity index (χ1) is 8.06. The van der Waals surface area contributed by atoms with Gasteiger partial charge in [-0.2, -0.15) is 0 Å². The van der Waals surface area contributed by atoms with Gasteiger partial charge >= 0.3 is 0 Å². The molecule has 17 heavy (non-hydrogen) atoms. The van der Waals surface area contributed by atoms with Gasteiger partial charge in [-0.15, -0.1) is 0 Å². The fraction of sp³-hybridized carbons (Fsp3) is 0.462. The molecule has 0 aromatic heterocycles. The maximum atomic E-state index is 11.5. The predicted octanol–water partition coefficient (Wildman–Crippen LogP) is 2.72. The fourth-order valence-corrected chi connectivity index (χ4v) is 1.86. The van der Waals surface area contributed by atoms with Crippen LogP contribution in [0.15, 0.2) is 16.6 Å². The van der Waals surface area contributed by atoms with E-state index in [2.05, 4.69) is 21.2 Å². The molecule has 0 unspecified atom stereocenters. The first-order valence-electron chi connectivity index (χ1n) is 5.75. The molecule has 3 nitrogen and oxygen atoms in total. The molecule has 1 aliphatic rings. The molecule has 1 aromatic carbocycles. The average molecular weight is 298 g/mol. The van der Waals surface area contributed by atoms with Crippen LogP contribution in [0.2, 0.25) is 0 Å². The van der Waals surface area contributed by atoms with Crippen molar-refractivity contribution in [1.82, 2.24) is 5.32 Å². The Kier molecular flexibility index (Phi) is 3.72. The lowest BCUT2D eigenvalue weighted by Gasteiger charge is -2.10. The highest BCUT2D eigenvalue weighted by Crippen LogP contribution is 2.26. The number of ether oxygens (including phenoxy) is 1. The Hall–Kier alpha value is -1.03. The van der Waals surface area contributed by atoms with Crippen LogP contribution < -0.4 is 10.1 Å². The number of benzene rings is 1. The Balaban J connectivity index is 1.91. The second kappa shape index (κ2) is 5.08. The Bertz CT molecular complexity index is 418. The van der Waals surface area contributed by atoms with Crippen LogP contribution in [-0.2, 0) is 4.79 Å². The van der Waals surface area contributed by atoms with Gasteiger partial charge in [-0.25, -0.2) is 0 Å². The Morgan fingerprint density at radius 1 is 1.41 bits per heavy atom. The molecule has 1 saturated carbocycles. The smallest absolute Gasteiger partial charge is 0.258 e. The lowest BCUT2D eigenvalue weighted by Crippen LogP contribution is -2.30. The van der Waals surface area contributed by atoms with Crippen LogP contribution in [-0.4, -0.2) is 18.6 Å². The highest BCUT2D eigenvalue weighted by molar-refractivity contribution is 9.10. The zero-order valence-corrected chi connectivity index (χ0v) is 11.6. The van der Waals surface area contributed by atoms with Crippen LogP contribution in [0.25, 0.3) is 0 Å². The van der Waals surface area contributed by atoms with Crippen LogP contribution in [0.4, 0.5) is 0 Å². The van der Waals surface area contributed by atoms with E-state index in [0.29, 0.717) is 6.04 Å². The first kappa shape index (κ1) is 12.4. The molecule has 92 valence electrons. The molecule has 1 aromatic rings. The van der Waals surface area contributed by atoms with Gasteiger partial charge in [0.2, 0.25) is 0 Å². The number of carbonyl (C=O) groups is 1. The summed E-state index contributed by atoms with van der Waals surface area (Å²) in [6, 6.07) is 4.25. The normalized spacial score (nSPS) is 14.5. The van der Waals surface area contributed by atoms with E-state index in [1.54, 1.807) is 0 Å². The summed E-state index contributed by atoms with van der Waals surface area (Å²) in [6.45, 7) is 4.11. The molecular formula is C13H16BrNO2. The third kappa shape index (κ3) is 3.46. The zero-order valence-electron chi connectivity index (χ0n) is 10.0. The molecule has 1 N–H and O–H groups in total. The van der Waals surface area contributed by atoms with Crippen molar-refractivity contribution in [1.29, 1.82) is 0 Å². The standard InChI is InChI=1S/C13H16BrNO2/c1-8-5-11(6-9(2)13(8)14)17-7-12(16)15-10-3-4-10/h5-6,10H,3-4,7H2,1-2H3,(H,15,16). The Morgan fingerprint density at radius 2 is 2.00 bits per heavy atom. The number of nitrogens with one attached hydrogen (secondary N) is 1. The maximum absolute atomic E-state index is 11.5. The van der Waals surface area contributed by atoms with Gasteiger partial charge in [0.25, 0.3) is 5.91 Å². The van der Waals surface area contributed by atoms with Crippen molar-refractivity contribution in [3.8, 4) is 5.75 Å². The van der Waals surface area contributed by atoms with Crippen molar-refractivity contribution in [2.24, 2.45) is 0 Å². The Morgan fingerprint density at radius 3 is 2.53 bits per heavy atom. The number of amides is 1. The SMILES string of the molecule is Cc1cc(OCC(=O)NC2CC2)cc(C)c1Br. The van der Waals surface area contributed by atoms with E-state index in [0.717, 1.165) is 34.2 Å². The zero-order chi connectivity index (χ0) is 12.4. The minimum Gasteiger partial charge on any atom is -0.484 e. The van der Waals surface area contributed by atoms with Crippen LogP contribution in [0.5, 0.6) is 5.75 Å². The van der Waals surface area contributed by atoms with Gasteiger partial charge in [-0.1, -0.05) is 15.9 Å². The minimum absolute atomic E-state index is 0.0364. The number of halogens is 1. The van der Waals surface area contributed by atoms with E-state index in [-0.39, 0.29) is 12.5 Å². The van der Waals surface area contributed by atoms with E-state index >= 15 is 0 Å². The monoisotopic (exact) mass is 297 g/mol. The third-order valence-corrected chi connectivity index (χ3v) is 3.97. The molecule has 1 amide bonds. The summed E-state index contributed by atoms with van der Waals surface area (Å²) >= 11 is 3.50. The summed E-state index contributed by atoms with van der Waals surface area (Å²) in [6.07, 6.45) is 2.20. The number of carbonyl (C=O) groups excluding carboxylic acids is 1. The largest absolute Gasteiger partial charge is 0.484 e. The molecule has 0 aliphatic heterocycles. The van der Waals surface area contributed by atoms with Crippen molar-refractivity contribution in [3.05, 3.63) is 27.7 Å². The topological polar surface area (TPSA) is 38.3 Å². The number of hydrogen-bond acceptors (Lipinski definition) is 2. The molecule has 2 rings (SSSR count). The van der Waals surface area contributed by atoms with Gasteiger partial charge in [0, 0.05) is 10.5 Å². The van der Waals surface area contributed by atoms with Crippen molar-refractivity contribution in [2.75, 3.05) is 6.61 Å². The van der Waals surface area contributed by atoms with Crippen LogP contribution in [0.3, 0.4) is 0 Å². The van der Waals surface area contributed by atoms with Gasteiger partial charge in [0.05, 0.1) is 0 Å². The highest BCUT2D eigenvalue weighted by Gasteiger charge is 2.23. The van der Waals surface area contributed by atoms with Crippen LogP contribution >= 0.6 is 15.9 Å². The molecule has 0 bridgehead atoms. The van der Waals surface area contributed by atoms with Crippen molar-refractivity contribution in [3.63, 3.8) is 0 Å². The summed E-state index contributed by atoms with van der Waals surface area (Å²) in [7, 11) is 0. The van der Waals surface area contributed by atoms with E-state index < -0.39 is 0 Å². The van der Waals surface area contributed by atoms with Crippen molar-refractivity contribution in [2.45, 2.75) is 32.7 Å². The number of hydrogen-bond donors (Lipinski definition) is 1. The van der Waals surface area contributed by atoms with Gasteiger partial charge in [0.1, 0.15) is 5.75 Å². The van der Waals surface area contributed by atoms with Gasteiger partial charge in [0.15, 0.2) is 6.61 Å². The molecule has 0 spiro atoms. The van der Waals surface area contributed by atoms with Gasteiger partial charge in [-0.05, 0) is 49.9 Å². The van der Waals surface area contributed by atoms with E-state index in [9.17, 15) is 4.79 Å². The average Bonchev–Trinajstić information content (AvgIpc) is 3.06. The van der Waals surface area contributed by atoms with Crippen molar-refractivity contribution >= 4 is 21.8 Å². The molecule has 0 radical (unpaired) electrons. The summed E-state index contributed by atoms with van der Waals surface area (Å²) in [5.41, 5.74) is 2.23. The molecule has 0 atom stereocenters. The highest BCUT2D eigenvalue weighted by atomic mass is 79.9. The predicted molar refractivity (Wildman–Crippen MR) is 70.3 cm³/mol. The summed E-state index contributed by atoms with van der Waals surface area (Å²) in [5.74, 6) is 0.708. The lowest BCUT2D eigenvalue weighted by atomic mass is 10.1. The van der Waals surface area contributed by atoms with E-state index in [1.165, 1.54) is 0 Å². The number of rotatable bonds is 4. The van der Waals surface area contributed by atoms with Crippen LogP contribution in [0.1, 0.15) is 24.0 Å². The molecule has 0 saturated heterocycles. The molecule has 4 heteroatoms. The van der Waals surface area contributed by atoms with Crippen molar-refractivity contribution < 1.29 is 9.53 Å². The molecule has 1 aliphatic carbocycles. The summed E-state index contributed by atoms with van der Waals surface area (Å²) in [5, 5.41) is 2.89. The third-order valence-electron chi connectivity index (χ3n) is 2.72. The quantitative estimate of drug-likeness (QED) is 0.928. The molecule has 1 fully saturated rings. The second-order valence-electron chi connectivity index (χ2n) is 4.50. The minimum atomic E-state index is -0.0364.